The summed E-state index contributed by atoms with van der Waals surface area (Å²) in [6.45, 7) is 2.72. The van der Waals surface area contributed by atoms with E-state index >= 15 is 0 Å². The summed E-state index contributed by atoms with van der Waals surface area (Å²) < 4.78 is 4.99. The zero-order valence-electron chi connectivity index (χ0n) is 5.17. The Kier molecular flexibility index (Phi) is 5.09. The number of β-amino-alcohol motifs (C(OH)–C–C–N with tert-alkyl or cyclic N) is 1. The van der Waals surface area contributed by atoms with E-state index in [0.29, 0.717) is 13.2 Å². The molecule has 1 rings (SSSR count). The predicted molar refractivity (Wildman–Crippen MR) is 36.9 cm³/mol. The average Bonchev–Trinajstić information content (AvgIpc) is 1.94. The van der Waals surface area contributed by atoms with Crippen LogP contribution in [-0.4, -0.2) is 37.5 Å². The first-order valence-corrected chi connectivity index (χ1v) is 2.86. The van der Waals surface area contributed by atoms with Crippen LogP contribution in [0, 0.1) is 0 Å². The van der Waals surface area contributed by atoms with Crippen LogP contribution >= 0.6 is 12.4 Å². The molecule has 1 unspecified atom stereocenters. The molecule has 0 radical (unpaired) electrons. The average molecular weight is 154 g/mol. The normalized spacial score (nSPS) is 28.3. The third-order valence-corrected chi connectivity index (χ3v) is 1.11. The minimum absolute atomic E-state index is 0. The van der Waals surface area contributed by atoms with E-state index in [1.54, 1.807) is 0 Å². The summed E-state index contributed by atoms with van der Waals surface area (Å²) in [6.07, 6.45) is -0.308. The number of halogens is 1. The second-order valence-electron chi connectivity index (χ2n) is 1.93. The minimum atomic E-state index is -0.308. The molecule has 0 aromatic heterocycles. The maximum Gasteiger partial charge on any atom is 0.0897 e. The monoisotopic (exact) mass is 153 g/mol. The lowest BCUT2D eigenvalue weighted by atomic mass is 10.4. The largest absolute Gasteiger partial charge is 0.389 e. The van der Waals surface area contributed by atoms with Crippen LogP contribution in [0.4, 0.5) is 0 Å². The van der Waals surface area contributed by atoms with Crippen LogP contribution in [0.1, 0.15) is 0 Å². The Morgan fingerprint density at radius 3 is 3.11 bits per heavy atom. The van der Waals surface area contributed by atoms with Gasteiger partial charge in [-0.1, -0.05) is 0 Å². The second-order valence-corrected chi connectivity index (χ2v) is 1.93. The maximum absolute atomic E-state index is 8.90. The van der Waals surface area contributed by atoms with Crippen molar-refractivity contribution >= 4 is 12.4 Å². The van der Waals surface area contributed by atoms with E-state index < -0.39 is 0 Å². The van der Waals surface area contributed by atoms with Gasteiger partial charge < -0.3 is 15.2 Å². The van der Waals surface area contributed by atoms with Crippen molar-refractivity contribution in [3.63, 3.8) is 0 Å². The van der Waals surface area contributed by atoms with Gasteiger partial charge in [0.25, 0.3) is 0 Å². The van der Waals surface area contributed by atoms with E-state index in [4.69, 9.17) is 9.84 Å². The first kappa shape index (κ1) is 9.17. The lowest BCUT2D eigenvalue weighted by molar-refractivity contribution is 0.0594. The van der Waals surface area contributed by atoms with Crippen LogP contribution in [0.5, 0.6) is 0 Å². The number of hydrogen-bond acceptors (Lipinski definition) is 3. The van der Waals surface area contributed by atoms with Gasteiger partial charge in [0.05, 0.1) is 19.3 Å². The van der Waals surface area contributed by atoms with E-state index in [1.807, 2.05) is 0 Å². The Labute approximate surface area is 60.8 Å². The lowest BCUT2D eigenvalue weighted by Crippen LogP contribution is -2.26. The zero-order chi connectivity index (χ0) is 5.82. The molecule has 0 saturated carbocycles. The van der Waals surface area contributed by atoms with E-state index in [9.17, 15) is 0 Å². The van der Waals surface area contributed by atoms with E-state index in [2.05, 4.69) is 5.32 Å². The Bertz CT molecular complexity index is 64.0. The molecule has 1 heterocycles. The quantitative estimate of drug-likeness (QED) is 0.488. The third kappa shape index (κ3) is 3.70. The van der Waals surface area contributed by atoms with Gasteiger partial charge in [-0.05, 0) is 0 Å². The fourth-order valence-corrected chi connectivity index (χ4v) is 0.691. The first-order chi connectivity index (χ1) is 3.89. The Morgan fingerprint density at radius 1 is 1.56 bits per heavy atom. The van der Waals surface area contributed by atoms with Crippen LogP contribution < -0.4 is 5.32 Å². The van der Waals surface area contributed by atoms with Gasteiger partial charge in [-0.3, -0.25) is 0 Å². The molecule has 0 spiro atoms. The van der Waals surface area contributed by atoms with Gasteiger partial charge >= 0.3 is 0 Å². The van der Waals surface area contributed by atoms with Gasteiger partial charge in [-0.25, -0.2) is 0 Å². The second kappa shape index (κ2) is 4.99. The minimum Gasteiger partial charge on any atom is -0.389 e. The van der Waals surface area contributed by atoms with Gasteiger partial charge in [0, 0.05) is 13.1 Å². The van der Waals surface area contributed by atoms with Crippen molar-refractivity contribution in [3.05, 3.63) is 0 Å². The summed E-state index contributed by atoms with van der Waals surface area (Å²) in [5.41, 5.74) is 0. The maximum atomic E-state index is 8.90. The highest BCUT2D eigenvalue weighted by Gasteiger charge is 2.05. The molecule has 1 saturated heterocycles. The highest BCUT2D eigenvalue weighted by Crippen LogP contribution is 1.86. The topological polar surface area (TPSA) is 41.5 Å². The number of aliphatic hydroxyl groups excluding tert-OH is 1. The summed E-state index contributed by atoms with van der Waals surface area (Å²) in [7, 11) is 0. The molecule has 0 aromatic carbocycles. The number of ether oxygens (including phenoxy) is 1. The molecule has 1 atom stereocenters. The highest BCUT2D eigenvalue weighted by atomic mass is 35.5. The number of hydrogen-bond donors (Lipinski definition) is 2. The standard InChI is InChI=1S/C5H11NO2.ClH/c7-5-3-6-1-2-8-4-5;/h5-7H,1-4H2;1H. The number of rotatable bonds is 0. The molecule has 2 N–H and O–H groups in total. The van der Waals surface area contributed by atoms with Crippen molar-refractivity contribution < 1.29 is 9.84 Å². The van der Waals surface area contributed by atoms with Gasteiger partial charge in [0.15, 0.2) is 0 Å². The zero-order valence-corrected chi connectivity index (χ0v) is 5.99. The van der Waals surface area contributed by atoms with Crippen LogP contribution in [0.3, 0.4) is 0 Å². The number of aliphatic hydroxyl groups is 1. The third-order valence-electron chi connectivity index (χ3n) is 1.11. The van der Waals surface area contributed by atoms with Crippen molar-refractivity contribution in [2.45, 2.75) is 6.10 Å². The molecule has 56 valence electrons. The smallest absolute Gasteiger partial charge is 0.0897 e. The van der Waals surface area contributed by atoms with Gasteiger partial charge in [-0.2, -0.15) is 0 Å². The van der Waals surface area contributed by atoms with E-state index in [-0.39, 0.29) is 18.5 Å². The van der Waals surface area contributed by atoms with Gasteiger partial charge in [0.1, 0.15) is 0 Å². The molecule has 1 fully saturated rings. The lowest BCUT2D eigenvalue weighted by Gasteiger charge is -2.02. The molecular formula is C5H12ClNO2. The summed E-state index contributed by atoms with van der Waals surface area (Å²) in [4.78, 5) is 0. The van der Waals surface area contributed by atoms with Gasteiger partial charge in [0.2, 0.25) is 0 Å². The molecule has 1 aliphatic heterocycles. The summed E-state index contributed by atoms with van der Waals surface area (Å²) in [6, 6.07) is 0. The van der Waals surface area contributed by atoms with Crippen molar-refractivity contribution in [1.82, 2.24) is 5.32 Å². The van der Waals surface area contributed by atoms with Crippen LogP contribution in [0.15, 0.2) is 0 Å². The van der Waals surface area contributed by atoms with E-state index in [1.165, 1.54) is 0 Å². The van der Waals surface area contributed by atoms with Crippen LogP contribution in [0.2, 0.25) is 0 Å². The molecule has 9 heavy (non-hydrogen) atoms. The fourth-order valence-electron chi connectivity index (χ4n) is 0.691. The molecular weight excluding hydrogens is 142 g/mol. The molecule has 0 amide bonds. The molecule has 0 aromatic rings. The van der Waals surface area contributed by atoms with Crippen LogP contribution in [-0.2, 0) is 4.74 Å². The highest BCUT2D eigenvalue weighted by molar-refractivity contribution is 5.85. The van der Waals surface area contributed by atoms with Gasteiger partial charge in [-0.15, -0.1) is 12.4 Å². The van der Waals surface area contributed by atoms with Crippen molar-refractivity contribution in [1.29, 1.82) is 0 Å². The Morgan fingerprint density at radius 2 is 2.33 bits per heavy atom. The predicted octanol–water partition coefficient (Wildman–Crippen LogP) is -0.611. The number of nitrogens with one attached hydrogen (secondary N) is 1. The molecule has 4 heteroatoms. The first-order valence-electron chi connectivity index (χ1n) is 2.86. The Hall–Kier alpha value is 0.170. The fraction of sp³-hybridized carbons (Fsp3) is 1.00. The Balaban J connectivity index is 0.000000640. The summed E-state index contributed by atoms with van der Waals surface area (Å²) >= 11 is 0. The summed E-state index contributed by atoms with van der Waals surface area (Å²) in [5.74, 6) is 0. The summed E-state index contributed by atoms with van der Waals surface area (Å²) in [5, 5.41) is 11.9. The molecule has 1 aliphatic rings. The molecule has 0 bridgehead atoms. The van der Waals surface area contributed by atoms with E-state index in [0.717, 1.165) is 13.2 Å². The molecule has 3 nitrogen and oxygen atoms in total. The van der Waals surface area contributed by atoms with Crippen molar-refractivity contribution in [2.75, 3.05) is 26.3 Å². The van der Waals surface area contributed by atoms with Crippen molar-refractivity contribution in [2.24, 2.45) is 0 Å². The van der Waals surface area contributed by atoms with Crippen LogP contribution in [0.25, 0.3) is 0 Å². The SMILES string of the molecule is Cl.OC1CNCCOC1. The molecule has 0 aliphatic carbocycles. The van der Waals surface area contributed by atoms with Crippen molar-refractivity contribution in [3.8, 4) is 0 Å².